The van der Waals surface area contributed by atoms with Gasteiger partial charge in [-0.1, -0.05) is 12.2 Å². The SMILES string of the molecule is CCN1NNN=C1c1c[nH]n(-c2ccc(F)cc2)c1=S. The van der Waals surface area contributed by atoms with E-state index in [1.54, 1.807) is 23.0 Å². The Morgan fingerprint density at radius 1 is 1.30 bits per heavy atom. The van der Waals surface area contributed by atoms with Gasteiger partial charge < -0.3 is 0 Å². The normalized spacial score (nSPS) is 14.3. The van der Waals surface area contributed by atoms with E-state index in [4.69, 9.17) is 12.2 Å². The van der Waals surface area contributed by atoms with E-state index in [9.17, 15) is 4.39 Å². The molecule has 20 heavy (non-hydrogen) atoms. The zero-order chi connectivity index (χ0) is 14.1. The van der Waals surface area contributed by atoms with Gasteiger partial charge in [0.1, 0.15) is 10.5 Å². The lowest BCUT2D eigenvalue weighted by Gasteiger charge is -2.14. The second kappa shape index (κ2) is 5.06. The average Bonchev–Trinajstić information content (AvgIpc) is 3.06. The summed E-state index contributed by atoms with van der Waals surface area (Å²) in [5.41, 5.74) is 7.16. The molecule has 0 fully saturated rings. The van der Waals surface area contributed by atoms with Crippen LogP contribution in [0.25, 0.3) is 5.69 Å². The molecule has 104 valence electrons. The van der Waals surface area contributed by atoms with Gasteiger partial charge in [-0.15, -0.1) is 10.6 Å². The van der Waals surface area contributed by atoms with Crippen LogP contribution in [-0.2, 0) is 0 Å². The number of rotatable bonds is 3. The van der Waals surface area contributed by atoms with Crippen LogP contribution in [0.5, 0.6) is 0 Å². The third-order valence-corrected chi connectivity index (χ3v) is 3.42. The lowest BCUT2D eigenvalue weighted by molar-refractivity contribution is 0.308. The highest BCUT2D eigenvalue weighted by Crippen LogP contribution is 2.14. The minimum atomic E-state index is -0.280. The minimum absolute atomic E-state index is 0.280. The molecule has 2 heterocycles. The Morgan fingerprint density at radius 2 is 2.05 bits per heavy atom. The van der Waals surface area contributed by atoms with Crippen LogP contribution in [0, 0.1) is 10.5 Å². The molecule has 8 heteroatoms. The van der Waals surface area contributed by atoms with Gasteiger partial charge in [-0.2, -0.15) is 0 Å². The Hall–Kier alpha value is -2.19. The molecular formula is C12H13FN6S. The van der Waals surface area contributed by atoms with Crippen molar-refractivity contribution in [3.63, 3.8) is 0 Å². The predicted molar refractivity (Wildman–Crippen MR) is 76.1 cm³/mol. The molecule has 0 bridgehead atoms. The summed E-state index contributed by atoms with van der Waals surface area (Å²) in [5.74, 6) is 0.437. The van der Waals surface area contributed by atoms with E-state index < -0.39 is 0 Å². The van der Waals surface area contributed by atoms with Gasteiger partial charge >= 0.3 is 0 Å². The molecule has 2 aromatic rings. The first-order chi connectivity index (χ1) is 9.70. The van der Waals surface area contributed by atoms with Crippen molar-refractivity contribution in [3.8, 4) is 5.69 Å². The molecule has 3 N–H and O–H groups in total. The Balaban J connectivity index is 2.01. The Labute approximate surface area is 119 Å². The molecule has 3 rings (SSSR count). The molecule has 0 spiro atoms. The summed E-state index contributed by atoms with van der Waals surface area (Å²) in [6.45, 7) is 2.74. The molecule has 1 aromatic heterocycles. The first-order valence-corrected chi connectivity index (χ1v) is 6.54. The van der Waals surface area contributed by atoms with Gasteiger partial charge in [0, 0.05) is 12.7 Å². The maximum Gasteiger partial charge on any atom is 0.177 e. The van der Waals surface area contributed by atoms with Gasteiger partial charge in [0.2, 0.25) is 0 Å². The monoisotopic (exact) mass is 292 g/mol. The zero-order valence-electron chi connectivity index (χ0n) is 10.7. The van der Waals surface area contributed by atoms with E-state index in [1.165, 1.54) is 12.1 Å². The minimum Gasteiger partial charge on any atom is -0.299 e. The fourth-order valence-electron chi connectivity index (χ4n) is 2.00. The Kier molecular flexibility index (Phi) is 3.25. The third kappa shape index (κ3) is 2.08. The quantitative estimate of drug-likeness (QED) is 0.753. The fraction of sp³-hybridized carbons (Fsp3) is 0.167. The van der Waals surface area contributed by atoms with Crippen LogP contribution in [0.1, 0.15) is 12.5 Å². The van der Waals surface area contributed by atoms with Crippen molar-refractivity contribution in [2.75, 3.05) is 6.54 Å². The van der Waals surface area contributed by atoms with E-state index in [-0.39, 0.29) is 5.82 Å². The molecule has 6 nitrogen and oxygen atoms in total. The van der Waals surface area contributed by atoms with Crippen LogP contribution in [0.2, 0.25) is 0 Å². The van der Waals surface area contributed by atoms with Gasteiger partial charge in [-0.05, 0) is 31.2 Å². The molecular weight excluding hydrogens is 279 g/mol. The number of nitrogens with one attached hydrogen (secondary N) is 3. The molecule has 0 saturated heterocycles. The fourth-order valence-corrected chi connectivity index (χ4v) is 2.31. The lowest BCUT2D eigenvalue weighted by Crippen LogP contribution is -2.40. The van der Waals surface area contributed by atoms with E-state index in [0.29, 0.717) is 4.64 Å². The third-order valence-electron chi connectivity index (χ3n) is 3.02. The number of amidine groups is 1. The molecule has 0 saturated carbocycles. The largest absolute Gasteiger partial charge is 0.299 e. The van der Waals surface area contributed by atoms with Gasteiger partial charge in [0.05, 0.1) is 11.3 Å². The van der Waals surface area contributed by atoms with Crippen molar-refractivity contribution < 1.29 is 4.39 Å². The van der Waals surface area contributed by atoms with Crippen molar-refractivity contribution >= 4 is 18.1 Å². The number of hydrogen-bond acceptors (Lipinski definition) is 5. The standard InChI is InChI=1S/C12H13FN6S/c1-2-18-11(15-16-17-18)10-7-14-19(12(10)20)9-5-3-8(13)4-6-9/h3-7,14,16-17H,2H2,1H3. The summed E-state index contributed by atoms with van der Waals surface area (Å²) in [4.78, 5) is 0. The van der Waals surface area contributed by atoms with E-state index >= 15 is 0 Å². The average molecular weight is 292 g/mol. The van der Waals surface area contributed by atoms with Crippen molar-refractivity contribution in [1.82, 2.24) is 25.9 Å². The summed E-state index contributed by atoms with van der Waals surface area (Å²) in [6.07, 6.45) is 1.78. The van der Waals surface area contributed by atoms with Crippen LogP contribution in [0.3, 0.4) is 0 Å². The number of halogens is 1. The van der Waals surface area contributed by atoms with E-state index in [2.05, 4.69) is 21.3 Å². The van der Waals surface area contributed by atoms with Crippen LogP contribution in [0.4, 0.5) is 4.39 Å². The molecule has 0 atom stereocenters. The maximum atomic E-state index is 13.0. The van der Waals surface area contributed by atoms with Gasteiger partial charge in [0.25, 0.3) is 0 Å². The molecule has 0 amide bonds. The van der Waals surface area contributed by atoms with Gasteiger partial charge in [-0.3, -0.25) is 10.1 Å². The Morgan fingerprint density at radius 3 is 2.75 bits per heavy atom. The zero-order valence-corrected chi connectivity index (χ0v) is 11.5. The number of hydrazone groups is 1. The summed E-state index contributed by atoms with van der Waals surface area (Å²) in [6, 6.07) is 6.12. The van der Waals surface area contributed by atoms with Crippen molar-refractivity contribution in [2.45, 2.75) is 6.92 Å². The number of benzene rings is 1. The highest BCUT2D eigenvalue weighted by molar-refractivity contribution is 7.71. The number of nitrogens with zero attached hydrogens (tertiary/aromatic N) is 3. The number of aromatic amines is 1. The maximum absolute atomic E-state index is 13.0. The van der Waals surface area contributed by atoms with Crippen molar-refractivity contribution in [1.29, 1.82) is 0 Å². The smallest absolute Gasteiger partial charge is 0.177 e. The van der Waals surface area contributed by atoms with Crippen LogP contribution in [-0.4, -0.2) is 27.2 Å². The second-order valence-electron chi connectivity index (χ2n) is 4.21. The van der Waals surface area contributed by atoms with Crippen molar-refractivity contribution in [3.05, 3.63) is 46.5 Å². The lowest BCUT2D eigenvalue weighted by atomic mass is 10.3. The molecule has 0 radical (unpaired) electrons. The molecule has 1 aliphatic rings. The van der Waals surface area contributed by atoms with E-state index in [1.807, 2.05) is 11.9 Å². The predicted octanol–water partition coefficient (Wildman–Crippen LogP) is 1.68. The summed E-state index contributed by atoms with van der Waals surface area (Å²) in [7, 11) is 0. The van der Waals surface area contributed by atoms with Crippen molar-refractivity contribution in [2.24, 2.45) is 5.10 Å². The molecule has 0 aliphatic carbocycles. The summed E-state index contributed by atoms with van der Waals surface area (Å²) in [5, 5.41) is 9.06. The highest BCUT2D eigenvalue weighted by Gasteiger charge is 2.20. The van der Waals surface area contributed by atoms with Crippen LogP contribution < -0.4 is 11.1 Å². The number of hydrazine groups is 2. The number of aromatic nitrogens is 2. The molecule has 1 aliphatic heterocycles. The van der Waals surface area contributed by atoms with Crippen LogP contribution >= 0.6 is 12.2 Å². The topological polar surface area (TPSA) is 60.4 Å². The number of H-pyrrole nitrogens is 1. The van der Waals surface area contributed by atoms with Gasteiger partial charge in [-0.25, -0.2) is 14.6 Å². The highest BCUT2D eigenvalue weighted by atomic mass is 32.1. The van der Waals surface area contributed by atoms with Crippen LogP contribution in [0.15, 0.2) is 35.6 Å². The second-order valence-corrected chi connectivity index (χ2v) is 4.59. The number of hydrogen-bond donors (Lipinski definition) is 3. The Bertz CT molecular complexity index is 701. The molecule has 1 aromatic carbocycles. The van der Waals surface area contributed by atoms with Gasteiger partial charge in [0.15, 0.2) is 5.84 Å². The summed E-state index contributed by atoms with van der Waals surface area (Å²) < 4.78 is 15.3. The summed E-state index contributed by atoms with van der Waals surface area (Å²) >= 11 is 5.45. The van der Waals surface area contributed by atoms with E-state index in [0.717, 1.165) is 23.6 Å². The first kappa shape index (κ1) is 12.8. The molecule has 0 unspecified atom stereocenters. The first-order valence-electron chi connectivity index (χ1n) is 6.13.